The largest absolute Gasteiger partial charge is 0.508 e. The molecule has 1 amide bonds. The standard InChI is InChI=1S/C22H23B2N3O3/c23-20(16-5-4-10-25-14-16)21(24)22(30)26-11-3-1-2-6-19(29)27-12-9-15-13-17(28)7-8-18(15)27/h4-5,7-10,12-14,20-21,28H,1-3,6,11H2,(H,26,30). The number of hydrogen-bond acceptors (Lipinski definition) is 4. The first-order valence-corrected chi connectivity index (χ1v) is 9.99. The fourth-order valence-corrected chi connectivity index (χ4v) is 3.32. The molecule has 2 aromatic heterocycles. The first-order valence-electron chi connectivity index (χ1n) is 9.99. The summed E-state index contributed by atoms with van der Waals surface area (Å²) in [5.74, 6) is -1.59. The zero-order chi connectivity index (χ0) is 21.5. The molecule has 4 radical (unpaired) electrons. The van der Waals surface area contributed by atoms with Gasteiger partial charge in [0.15, 0.2) is 0 Å². The summed E-state index contributed by atoms with van der Waals surface area (Å²) >= 11 is 0. The number of aromatic nitrogens is 2. The fraction of sp³-hybridized carbons (Fsp3) is 0.318. The van der Waals surface area contributed by atoms with Gasteiger partial charge in [0.2, 0.25) is 11.8 Å². The Morgan fingerprint density at radius 3 is 2.73 bits per heavy atom. The molecular weight excluding hydrogens is 376 g/mol. The van der Waals surface area contributed by atoms with Crippen molar-refractivity contribution in [2.45, 2.75) is 37.3 Å². The molecule has 150 valence electrons. The van der Waals surface area contributed by atoms with Crippen LogP contribution in [0.5, 0.6) is 5.75 Å². The molecule has 2 unspecified atom stereocenters. The van der Waals surface area contributed by atoms with Crippen LogP contribution in [0.4, 0.5) is 0 Å². The quantitative estimate of drug-likeness (QED) is 0.428. The van der Waals surface area contributed by atoms with Crippen LogP contribution in [0.1, 0.15) is 41.9 Å². The van der Waals surface area contributed by atoms with E-state index < -0.39 is 11.6 Å². The highest BCUT2D eigenvalue weighted by Crippen LogP contribution is 2.23. The Morgan fingerprint density at radius 1 is 1.13 bits per heavy atom. The second-order valence-electron chi connectivity index (χ2n) is 7.26. The van der Waals surface area contributed by atoms with Gasteiger partial charge in [0, 0.05) is 36.9 Å². The van der Waals surface area contributed by atoms with Crippen molar-refractivity contribution < 1.29 is 14.7 Å². The van der Waals surface area contributed by atoms with Crippen LogP contribution in [-0.4, -0.2) is 48.7 Å². The maximum Gasteiger partial charge on any atom is 0.231 e. The number of aromatic hydroxyl groups is 1. The van der Waals surface area contributed by atoms with E-state index in [9.17, 15) is 14.7 Å². The second-order valence-corrected chi connectivity index (χ2v) is 7.26. The SMILES string of the molecule is [B]C(C(=O)NCCCCCC(=O)n1ccc2cc(O)ccc21)C([B])c1cccnc1. The Bertz CT molecular complexity index is 1010. The Labute approximate surface area is 178 Å². The zero-order valence-corrected chi connectivity index (χ0v) is 16.7. The second kappa shape index (κ2) is 10.1. The summed E-state index contributed by atoms with van der Waals surface area (Å²) in [6.07, 6.45) is 7.63. The number of phenols is 1. The normalized spacial score (nSPS) is 13.1. The molecule has 0 aliphatic heterocycles. The summed E-state index contributed by atoms with van der Waals surface area (Å²) in [7, 11) is 12.0. The zero-order valence-electron chi connectivity index (χ0n) is 16.7. The number of carbonyl (C=O) groups is 2. The van der Waals surface area contributed by atoms with Gasteiger partial charge in [-0.05, 0) is 60.4 Å². The maximum atomic E-state index is 12.4. The van der Waals surface area contributed by atoms with E-state index in [1.807, 2.05) is 6.07 Å². The van der Waals surface area contributed by atoms with Crippen LogP contribution in [0.3, 0.4) is 0 Å². The number of hydrogen-bond donors (Lipinski definition) is 2. The summed E-state index contributed by atoms with van der Waals surface area (Å²) in [5, 5.41) is 13.1. The molecular formula is C22H23B2N3O3. The molecule has 3 aromatic rings. The predicted octanol–water partition coefficient (Wildman–Crippen LogP) is 2.93. The van der Waals surface area contributed by atoms with Crippen molar-refractivity contribution in [2.75, 3.05) is 6.54 Å². The van der Waals surface area contributed by atoms with Gasteiger partial charge in [-0.25, -0.2) is 0 Å². The summed E-state index contributed by atoms with van der Waals surface area (Å²) in [6.45, 7) is 0.478. The Balaban J connectivity index is 1.37. The van der Waals surface area contributed by atoms with Gasteiger partial charge < -0.3 is 10.4 Å². The van der Waals surface area contributed by atoms with Crippen LogP contribution in [-0.2, 0) is 4.79 Å². The Hall–Kier alpha value is -3.02. The van der Waals surface area contributed by atoms with Gasteiger partial charge in [-0.1, -0.05) is 12.5 Å². The third-order valence-corrected chi connectivity index (χ3v) is 5.07. The number of benzene rings is 1. The van der Waals surface area contributed by atoms with Crippen LogP contribution in [0.2, 0.25) is 5.82 Å². The molecule has 6 nitrogen and oxygen atoms in total. The summed E-state index contributed by atoms with van der Waals surface area (Å²) in [5.41, 5.74) is 1.50. The van der Waals surface area contributed by atoms with E-state index in [0.29, 0.717) is 24.9 Å². The van der Waals surface area contributed by atoms with E-state index >= 15 is 0 Å². The first kappa shape index (κ1) is 21.7. The highest BCUT2D eigenvalue weighted by Gasteiger charge is 2.20. The minimum Gasteiger partial charge on any atom is -0.508 e. The number of unbranched alkanes of at least 4 members (excludes halogenated alkanes) is 2. The molecule has 0 aliphatic rings. The van der Waals surface area contributed by atoms with Crippen molar-refractivity contribution in [1.82, 2.24) is 14.9 Å². The smallest absolute Gasteiger partial charge is 0.231 e. The van der Waals surface area contributed by atoms with Gasteiger partial charge in [-0.2, -0.15) is 0 Å². The average Bonchev–Trinajstić information content (AvgIpc) is 3.18. The number of nitrogens with one attached hydrogen (secondary N) is 1. The van der Waals surface area contributed by atoms with Crippen molar-refractivity contribution in [1.29, 1.82) is 0 Å². The molecule has 0 spiro atoms. The van der Waals surface area contributed by atoms with E-state index in [4.69, 9.17) is 15.7 Å². The third kappa shape index (κ3) is 5.32. The third-order valence-electron chi connectivity index (χ3n) is 5.07. The van der Waals surface area contributed by atoms with Gasteiger partial charge in [-0.3, -0.25) is 19.1 Å². The molecule has 8 heteroatoms. The average molecular weight is 399 g/mol. The minimum absolute atomic E-state index is 0.00388. The van der Waals surface area contributed by atoms with Crippen LogP contribution in [0.15, 0.2) is 55.0 Å². The number of amides is 1. The molecule has 30 heavy (non-hydrogen) atoms. The lowest BCUT2D eigenvalue weighted by Gasteiger charge is -2.20. The number of rotatable bonds is 9. The molecule has 0 aliphatic carbocycles. The molecule has 3 rings (SSSR count). The highest BCUT2D eigenvalue weighted by molar-refractivity contribution is 6.30. The van der Waals surface area contributed by atoms with Crippen LogP contribution in [0.25, 0.3) is 10.9 Å². The minimum atomic E-state index is -0.850. The molecule has 1 aromatic carbocycles. The summed E-state index contributed by atoms with van der Waals surface area (Å²) < 4.78 is 1.61. The number of pyridine rings is 1. The first-order chi connectivity index (χ1) is 14.5. The number of fused-ring (bicyclic) bond motifs is 1. The fourth-order valence-electron chi connectivity index (χ4n) is 3.32. The van der Waals surface area contributed by atoms with Gasteiger partial charge in [-0.15, -0.1) is 0 Å². The van der Waals surface area contributed by atoms with Crippen molar-refractivity contribution in [3.63, 3.8) is 0 Å². The topological polar surface area (TPSA) is 84.2 Å². The van der Waals surface area contributed by atoms with Crippen LogP contribution < -0.4 is 5.32 Å². The van der Waals surface area contributed by atoms with E-state index in [2.05, 4.69) is 10.3 Å². The van der Waals surface area contributed by atoms with Crippen molar-refractivity contribution in [2.24, 2.45) is 0 Å². The predicted molar refractivity (Wildman–Crippen MR) is 118 cm³/mol. The summed E-state index contributed by atoms with van der Waals surface area (Å²) in [4.78, 5) is 28.6. The molecule has 2 N–H and O–H groups in total. The number of nitrogens with zero attached hydrogens (tertiary/aromatic N) is 2. The Kier molecular flexibility index (Phi) is 7.33. The lowest BCUT2D eigenvalue weighted by Crippen LogP contribution is -2.31. The highest BCUT2D eigenvalue weighted by atomic mass is 16.3. The van der Waals surface area contributed by atoms with Gasteiger partial charge in [0.1, 0.15) is 5.75 Å². The number of phenolic OH excluding ortho intramolecular Hbond substituents is 1. The monoisotopic (exact) mass is 399 g/mol. The van der Waals surface area contributed by atoms with Gasteiger partial charge in [0.25, 0.3) is 0 Å². The molecule has 0 bridgehead atoms. The molecule has 2 atom stereocenters. The van der Waals surface area contributed by atoms with Crippen molar-refractivity contribution in [3.8, 4) is 5.75 Å². The van der Waals surface area contributed by atoms with Gasteiger partial charge >= 0.3 is 0 Å². The lowest BCUT2D eigenvalue weighted by atomic mass is 9.63. The van der Waals surface area contributed by atoms with E-state index in [1.165, 1.54) is 0 Å². The van der Waals surface area contributed by atoms with E-state index in [1.54, 1.807) is 53.5 Å². The molecule has 2 heterocycles. The summed E-state index contributed by atoms with van der Waals surface area (Å²) in [6, 6.07) is 10.3. The Morgan fingerprint density at radius 2 is 1.97 bits per heavy atom. The maximum absolute atomic E-state index is 12.4. The van der Waals surface area contributed by atoms with Gasteiger partial charge in [0.05, 0.1) is 21.2 Å². The number of carbonyl (C=O) groups excluding carboxylic acids is 2. The van der Waals surface area contributed by atoms with E-state index in [0.717, 1.165) is 23.7 Å². The van der Waals surface area contributed by atoms with Crippen molar-refractivity contribution in [3.05, 3.63) is 60.6 Å². The lowest BCUT2D eigenvalue weighted by molar-refractivity contribution is -0.121. The molecule has 0 saturated carbocycles. The molecule has 0 saturated heterocycles. The molecule has 0 fully saturated rings. The van der Waals surface area contributed by atoms with E-state index in [-0.39, 0.29) is 17.6 Å². The van der Waals surface area contributed by atoms with Crippen molar-refractivity contribution >= 4 is 38.4 Å². The van der Waals surface area contributed by atoms with Crippen LogP contribution in [0, 0.1) is 0 Å². The van der Waals surface area contributed by atoms with Crippen LogP contribution >= 0.6 is 0 Å².